The van der Waals surface area contributed by atoms with E-state index in [-0.39, 0.29) is 34.8 Å². The second-order valence-electron chi connectivity index (χ2n) is 9.89. The number of rotatable bonds is 14. The number of nitrogens with one attached hydrogen (secondary N) is 1. The molecule has 3 rings (SSSR count). The topological polar surface area (TPSA) is 105 Å². The summed E-state index contributed by atoms with van der Waals surface area (Å²) in [5.74, 6) is -0.328. The summed E-state index contributed by atoms with van der Waals surface area (Å²) in [6.07, 6.45) is 1.02. The molecule has 0 heterocycles. The zero-order valence-corrected chi connectivity index (χ0v) is 27.2. The number of benzene rings is 3. The lowest BCUT2D eigenvalue weighted by Crippen LogP contribution is -2.53. The molecule has 0 aliphatic rings. The van der Waals surface area contributed by atoms with Crippen LogP contribution in [0.25, 0.3) is 0 Å². The van der Waals surface area contributed by atoms with E-state index in [9.17, 15) is 18.0 Å². The molecule has 2 atom stereocenters. The van der Waals surface area contributed by atoms with Crippen LogP contribution in [0.3, 0.4) is 0 Å². The molecular weight excluding hydrogens is 613 g/mol. The van der Waals surface area contributed by atoms with Gasteiger partial charge in [-0.2, -0.15) is 0 Å². The van der Waals surface area contributed by atoms with Gasteiger partial charge in [0.1, 0.15) is 12.6 Å². The van der Waals surface area contributed by atoms with Crippen LogP contribution >= 0.6 is 23.2 Å². The lowest BCUT2D eigenvalue weighted by Gasteiger charge is -2.33. The standard InChI is InChI=1S/C31H37Cl2N3O6S/c1-6-21(3)34-31(38)27(7-2)35(19-22-8-10-23(32)11-9-22)30(37)20-36(25-14-12-24(33)13-15-25)43(39,40)26-16-17-28(41-4)29(18-26)42-5/h8-18,21,27H,6-7,19-20H2,1-5H3,(H,34,38). The largest absolute Gasteiger partial charge is 0.493 e. The van der Waals surface area contributed by atoms with Gasteiger partial charge in [-0.3, -0.25) is 13.9 Å². The maximum atomic E-state index is 14.2. The van der Waals surface area contributed by atoms with E-state index in [4.69, 9.17) is 32.7 Å². The van der Waals surface area contributed by atoms with Crippen LogP contribution in [0.4, 0.5) is 5.69 Å². The highest BCUT2D eigenvalue weighted by molar-refractivity contribution is 7.92. The van der Waals surface area contributed by atoms with Crippen molar-refractivity contribution in [1.82, 2.24) is 10.2 Å². The molecule has 3 aromatic rings. The molecule has 0 bridgehead atoms. The summed E-state index contributed by atoms with van der Waals surface area (Å²) in [6.45, 7) is 5.12. The molecule has 0 saturated heterocycles. The number of hydrogen-bond donors (Lipinski definition) is 1. The Kier molecular flexibility index (Phi) is 12.1. The minimum absolute atomic E-state index is 0.0628. The Morgan fingerprint density at radius 2 is 1.44 bits per heavy atom. The number of methoxy groups -OCH3 is 2. The van der Waals surface area contributed by atoms with Crippen LogP contribution in [0.2, 0.25) is 10.0 Å². The molecular formula is C31H37Cl2N3O6S. The van der Waals surface area contributed by atoms with Gasteiger partial charge in [-0.1, -0.05) is 49.2 Å². The molecule has 2 unspecified atom stereocenters. The molecule has 232 valence electrons. The first-order chi connectivity index (χ1) is 20.4. The van der Waals surface area contributed by atoms with Gasteiger partial charge in [0, 0.05) is 28.7 Å². The highest BCUT2D eigenvalue weighted by Gasteiger charge is 2.34. The first-order valence-electron chi connectivity index (χ1n) is 13.8. The fraction of sp³-hybridized carbons (Fsp3) is 0.355. The Labute approximate surface area is 263 Å². The van der Waals surface area contributed by atoms with Crippen LogP contribution in [-0.2, 0) is 26.2 Å². The predicted molar refractivity (Wildman–Crippen MR) is 170 cm³/mol. The fourth-order valence-electron chi connectivity index (χ4n) is 4.39. The zero-order valence-electron chi connectivity index (χ0n) is 24.8. The average molecular weight is 651 g/mol. The molecule has 0 fully saturated rings. The number of carbonyl (C=O) groups excluding carboxylic acids is 2. The van der Waals surface area contributed by atoms with Crippen LogP contribution < -0.4 is 19.1 Å². The molecule has 3 aromatic carbocycles. The highest BCUT2D eigenvalue weighted by atomic mass is 35.5. The Morgan fingerprint density at radius 1 is 0.860 bits per heavy atom. The summed E-state index contributed by atoms with van der Waals surface area (Å²) in [5, 5.41) is 3.88. The van der Waals surface area contributed by atoms with Gasteiger partial charge in [-0.15, -0.1) is 0 Å². The zero-order chi connectivity index (χ0) is 31.7. The number of anilines is 1. The van der Waals surface area contributed by atoms with Gasteiger partial charge in [-0.25, -0.2) is 8.42 Å². The predicted octanol–water partition coefficient (Wildman–Crippen LogP) is 5.93. The van der Waals surface area contributed by atoms with Crippen molar-refractivity contribution in [3.8, 4) is 11.5 Å². The van der Waals surface area contributed by atoms with E-state index in [1.165, 1.54) is 49.5 Å². The molecule has 9 nitrogen and oxygen atoms in total. The SMILES string of the molecule is CCC(C)NC(=O)C(CC)N(Cc1ccc(Cl)cc1)C(=O)CN(c1ccc(Cl)cc1)S(=O)(=O)c1ccc(OC)c(OC)c1. The number of nitrogens with zero attached hydrogens (tertiary/aromatic N) is 2. The molecule has 12 heteroatoms. The molecule has 43 heavy (non-hydrogen) atoms. The maximum absolute atomic E-state index is 14.2. The number of amides is 2. The molecule has 0 saturated carbocycles. The first kappa shape index (κ1) is 34.0. The van der Waals surface area contributed by atoms with Crippen LogP contribution in [0.5, 0.6) is 11.5 Å². The normalized spacial score (nSPS) is 12.6. The number of carbonyl (C=O) groups is 2. The summed E-state index contributed by atoms with van der Waals surface area (Å²) in [4.78, 5) is 28.8. The van der Waals surface area contributed by atoms with Gasteiger partial charge in [0.25, 0.3) is 10.0 Å². The minimum Gasteiger partial charge on any atom is -0.493 e. The summed E-state index contributed by atoms with van der Waals surface area (Å²) < 4.78 is 39.8. The van der Waals surface area contributed by atoms with Gasteiger partial charge in [0.15, 0.2) is 11.5 Å². The lowest BCUT2D eigenvalue weighted by atomic mass is 10.1. The monoisotopic (exact) mass is 649 g/mol. The van der Waals surface area contributed by atoms with Crippen molar-refractivity contribution in [1.29, 1.82) is 0 Å². The van der Waals surface area contributed by atoms with E-state index in [1.54, 1.807) is 43.3 Å². The fourth-order valence-corrected chi connectivity index (χ4v) is 6.07. The van der Waals surface area contributed by atoms with Crippen LogP contribution in [0.15, 0.2) is 71.6 Å². The molecule has 0 aliphatic heterocycles. The van der Waals surface area contributed by atoms with Gasteiger partial charge in [0.05, 0.1) is 24.8 Å². The summed E-state index contributed by atoms with van der Waals surface area (Å²) in [7, 11) is -1.47. The third-order valence-electron chi connectivity index (χ3n) is 6.99. The molecule has 0 aromatic heterocycles. The van der Waals surface area contributed by atoms with E-state index >= 15 is 0 Å². The first-order valence-corrected chi connectivity index (χ1v) is 16.0. The van der Waals surface area contributed by atoms with Gasteiger partial charge < -0.3 is 19.7 Å². The van der Waals surface area contributed by atoms with Crippen molar-refractivity contribution < 1.29 is 27.5 Å². The molecule has 0 spiro atoms. The van der Waals surface area contributed by atoms with Gasteiger partial charge >= 0.3 is 0 Å². The second-order valence-corrected chi connectivity index (χ2v) is 12.6. The molecule has 2 amide bonds. The van der Waals surface area contributed by atoms with E-state index in [1.807, 2.05) is 13.8 Å². The molecule has 0 radical (unpaired) electrons. The average Bonchev–Trinajstić information content (AvgIpc) is 3.00. The van der Waals surface area contributed by atoms with Crippen LogP contribution in [-0.4, -0.2) is 58.0 Å². The maximum Gasteiger partial charge on any atom is 0.264 e. The van der Waals surface area contributed by atoms with Gasteiger partial charge in [-0.05, 0) is 73.9 Å². The van der Waals surface area contributed by atoms with E-state index in [0.717, 1.165) is 9.87 Å². The third kappa shape index (κ3) is 8.55. The van der Waals surface area contributed by atoms with Gasteiger partial charge in [0.2, 0.25) is 11.8 Å². The smallest absolute Gasteiger partial charge is 0.264 e. The Hall–Kier alpha value is -3.47. The van der Waals surface area contributed by atoms with Crippen LogP contribution in [0.1, 0.15) is 39.2 Å². The third-order valence-corrected chi connectivity index (χ3v) is 9.26. The minimum atomic E-state index is -4.32. The number of hydrogen-bond acceptors (Lipinski definition) is 6. The Bertz CT molecular complexity index is 1500. The van der Waals surface area contributed by atoms with E-state index in [2.05, 4.69) is 5.32 Å². The Balaban J connectivity index is 2.09. The Morgan fingerprint density at radius 3 is 1.98 bits per heavy atom. The van der Waals surface area contributed by atoms with Crippen molar-refractivity contribution in [2.45, 2.75) is 57.1 Å². The quantitative estimate of drug-likeness (QED) is 0.232. The van der Waals surface area contributed by atoms with E-state index < -0.39 is 28.5 Å². The highest BCUT2D eigenvalue weighted by Crippen LogP contribution is 2.33. The number of sulfonamides is 1. The van der Waals surface area contributed by atoms with Crippen molar-refractivity contribution in [2.75, 3.05) is 25.1 Å². The van der Waals surface area contributed by atoms with Crippen molar-refractivity contribution >= 4 is 50.7 Å². The van der Waals surface area contributed by atoms with Crippen molar-refractivity contribution in [3.63, 3.8) is 0 Å². The van der Waals surface area contributed by atoms with Crippen molar-refractivity contribution in [2.24, 2.45) is 0 Å². The number of halogens is 2. The second kappa shape index (κ2) is 15.3. The lowest BCUT2D eigenvalue weighted by molar-refractivity contribution is -0.140. The van der Waals surface area contributed by atoms with E-state index in [0.29, 0.717) is 28.6 Å². The number of ether oxygens (including phenoxy) is 2. The van der Waals surface area contributed by atoms with Crippen LogP contribution in [0, 0.1) is 0 Å². The summed E-state index contributed by atoms with van der Waals surface area (Å²) in [6, 6.07) is 16.3. The molecule has 0 aliphatic carbocycles. The summed E-state index contributed by atoms with van der Waals surface area (Å²) in [5.41, 5.74) is 0.949. The molecule has 1 N–H and O–H groups in total. The van der Waals surface area contributed by atoms with Crippen molar-refractivity contribution in [3.05, 3.63) is 82.3 Å². The summed E-state index contributed by atoms with van der Waals surface area (Å²) >= 11 is 12.2.